The van der Waals surface area contributed by atoms with E-state index in [0.29, 0.717) is 31.1 Å². The van der Waals surface area contributed by atoms with Crippen LogP contribution in [0.25, 0.3) is 10.1 Å². The van der Waals surface area contributed by atoms with Gasteiger partial charge in [0.2, 0.25) is 0 Å². The van der Waals surface area contributed by atoms with Crippen molar-refractivity contribution in [1.82, 2.24) is 10.3 Å². The summed E-state index contributed by atoms with van der Waals surface area (Å²) in [6, 6.07) is 5.80. The first-order valence-electron chi connectivity index (χ1n) is 8.58. The van der Waals surface area contributed by atoms with Crippen LogP contribution in [0, 0.1) is 13.8 Å². The van der Waals surface area contributed by atoms with Crippen LogP contribution in [0.15, 0.2) is 24.4 Å². The fraction of sp³-hybridized carbons (Fsp3) is 0.368. The van der Waals surface area contributed by atoms with Crippen molar-refractivity contribution in [3.63, 3.8) is 0 Å². The Hall–Kier alpha value is -2.00. The quantitative estimate of drug-likeness (QED) is 0.660. The molecule has 6 nitrogen and oxygen atoms in total. The van der Waals surface area contributed by atoms with Gasteiger partial charge in [0.05, 0.1) is 35.3 Å². The zero-order valence-corrected chi connectivity index (χ0v) is 16.7. The van der Waals surface area contributed by atoms with Gasteiger partial charge in [-0.15, -0.1) is 22.7 Å². The summed E-state index contributed by atoms with van der Waals surface area (Å²) >= 11 is 3.18. The monoisotopic (exact) mass is 404 g/mol. The Morgan fingerprint density at radius 1 is 1.37 bits per heavy atom. The second-order valence-electron chi connectivity index (χ2n) is 6.71. The Balaban J connectivity index is 1.58. The van der Waals surface area contributed by atoms with Crippen LogP contribution in [-0.4, -0.2) is 41.4 Å². The molecule has 1 aliphatic rings. The number of hydrogen-bond donors (Lipinski definition) is 2. The van der Waals surface area contributed by atoms with Crippen LogP contribution in [0.2, 0.25) is 0 Å². The van der Waals surface area contributed by atoms with Crippen LogP contribution in [-0.2, 0) is 11.3 Å². The number of fused-ring (bicyclic) bond motifs is 1. The molecule has 0 atom stereocenters. The van der Waals surface area contributed by atoms with Gasteiger partial charge >= 0.3 is 0 Å². The number of aromatic nitrogens is 1. The highest BCUT2D eigenvalue weighted by atomic mass is 32.1. The van der Waals surface area contributed by atoms with E-state index in [1.54, 1.807) is 22.7 Å². The predicted molar refractivity (Wildman–Crippen MR) is 106 cm³/mol. The van der Waals surface area contributed by atoms with Gasteiger partial charge in [0.25, 0.3) is 5.91 Å². The smallest absolute Gasteiger partial charge is 0.253 e. The number of carbonyl (C=O) groups excluding carboxylic acids is 1. The number of rotatable bonds is 6. The predicted octanol–water partition coefficient (Wildman–Crippen LogP) is 3.04. The fourth-order valence-electron chi connectivity index (χ4n) is 3.05. The molecule has 2 aromatic heterocycles. The van der Waals surface area contributed by atoms with Gasteiger partial charge < -0.3 is 19.9 Å². The first kappa shape index (κ1) is 18.4. The second kappa shape index (κ2) is 7.20. The third kappa shape index (κ3) is 3.58. The summed E-state index contributed by atoms with van der Waals surface area (Å²) in [7, 11) is 0. The molecule has 1 aliphatic heterocycles. The van der Waals surface area contributed by atoms with Crippen molar-refractivity contribution in [2.24, 2.45) is 0 Å². The topological polar surface area (TPSA) is 80.7 Å². The molecule has 3 aromatic rings. The van der Waals surface area contributed by atoms with Gasteiger partial charge in [-0.1, -0.05) is 0 Å². The number of aliphatic hydroxyl groups is 1. The molecule has 0 radical (unpaired) electrons. The average molecular weight is 405 g/mol. The molecule has 0 saturated carbocycles. The van der Waals surface area contributed by atoms with Gasteiger partial charge in [0.1, 0.15) is 17.9 Å². The lowest BCUT2D eigenvalue weighted by molar-refractivity contribution is -0.0919. The van der Waals surface area contributed by atoms with E-state index in [1.165, 1.54) is 0 Å². The van der Waals surface area contributed by atoms with Crippen LogP contribution in [0.3, 0.4) is 0 Å². The number of nitrogens with zero attached hydrogens (tertiary/aromatic N) is 1. The lowest BCUT2D eigenvalue weighted by Crippen LogP contribution is -2.64. The number of nitrogens with one attached hydrogen (secondary N) is 1. The summed E-state index contributed by atoms with van der Waals surface area (Å²) in [6.07, 6.45) is 1.82. The number of hydrogen-bond acceptors (Lipinski definition) is 7. The number of aliphatic hydroxyl groups excluding tert-OH is 1. The van der Waals surface area contributed by atoms with E-state index in [-0.39, 0.29) is 12.5 Å². The summed E-state index contributed by atoms with van der Waals surface area (Å²) in [5.41, 5.74) is -0.0376. The number of benzene rings is 1. The van der Waals surface area contributed by atoms with Crippen molar-refractivity contribution in [3.8, 4) is 5.75 Å². The summed E-state index contributed by atoms with van der Waals surface area (Å²) in [5, 5.41) is 14.4. The highest BCUT2D eigenvalue weighted by molar-refractivity contribution is 7.19. The molecule has 3 heterocycles. The molecule has 142 valence electrons. The van der Waals surface area contributed by atoms with Crippen molar-refractivity contribution in [1.29, 1.82) is 0 Å². The first-order valence-corrected chi connectivity index (χ1v) is 10.2. The number of aryl methyl sites for hydroxylation is 2. The molecule has 0 aliphatic carbocycles. The van der Waals surface area contributed by atoms with Crippen LogP contribution in [0.4, 0.5) is 0 Å². The summed E-state index contributed by atoms with van der Waals surface area (Å²) in [6.45, 7) is 4.88. The van der Waals surface area contributed by atoms with Crippen LogP contribution in [0.5, 0.6) is 5.75 Å². The third-order valence-corrected chi connectivity index (χ3v) is 6.52. The number of thiazole rings is 1. The van der Waals surface area contributed by atoms with Crippen molar-refractivity contribution >= 4 is 38.7 Å². The Bertz CT molecular complexity index is 985. The van der Waals surface area contributed by atoms with Crippen LogP contribution < -0.4 is 10.1 Å². The number of carbonyl (C=O) groups is 1. The summed E-state index contributed by atoms with van der Waals surface area (Å²) < 4.78 is 12.1. The molecular weight excluding hydrogens is 384 g/mol. The standard InChI is InChI=1S/C19H20N2O4S2/c1-11-17(18(23)21-19(8-22)9-24-10-19)15-5-13(3-4-16(15)26-11)25-7-14-6-20-12(2)27-14/h3-6,22H,7-10H2,1-2H3,(H,21,23). The highest BCUT2D eigenvalue weighted by Gasteiger charge is 2.40. The number of amides is 1. The van der Waals surface area contributed by atoms with Crippen molar-refractivity contribution in [3.05, 3.63) is 44.7 Å². The summed E-state index contributed by atoms with van der Waals surface area (Å²) in [5.74, 6) is 0.524. The molecule has 0 bridgehead atoms. The lowest BCUT2D eigenvalue weighted by atomic mass is 9.97. The maximum Gasteiger partial charge on any atom is 0.253 e. The normalized spacial score (nSPS) is 15.5. The Labute approximate surface area is 164 Å². The average Bonchev–Trinajstić information content (AvgIpc) is 3.17. The molecule has 4 rings (SSSR count). The van der Waals surface area contributed by atoms with Gasteiger partial charge in [-0.3, -0.25) is 4.79 Å². The Kier molecular flexibility index (Phi) is 4.90. The second-order valence-corrected chi connectivity index (χ2v) is 9.29. The minimum Gasteiger partial charge on any atom is -0.488 e. The SMILES string of the molecule is Cc1ncc(COc2ccc3sc(C)c(C(=O)NC4(CO)COC4)c3c2)s1. The van der Waals surface area contributed by atoms with Crippen molar-refractivity contribution < 1.29 is 19.4 Å². The maximum absolute atomic E-state index is 12.9. The molecule has 0 spiro atoms. The largest absolute Gasteiger partial charge is 0.488 e. The van der Waals surface area contributed by atoms with E-state index in [0.717, 1.165) is 24.8 Å². The Morgan fingerprint density at radius 3 is 2.81 bits per heavy atom. The first-order chi connectivity index (χ1) is 13.0. The van der Waals surface area contributed by atoms with Gasteiger partial charge in [-0.05, 0) is 32.0 Å². The van der Waals surface area contributed by atoms with Crippen LogP contribution in [0.1, 0.15) is 25.1 Å². The van der Waals surface area contributed by atoms with Crippen LogP contribution >= 0.6 is 22.7 Å². The molecule has 8 heteroatoms. The molecule has 1 amide bonds. The third-order valence-electron chi connectivity index (χ3n) is 4.55. The zero-order valence-electron chi connectivity index (χ0n) is 15.1. The number of ether oxygens (including phenoxy) is 2. The molecule has 1 aromatic carbocycles. The molecular formula is C19H20N2O4S2. The Morgan fingerprint density at radius 2 is 2.19 bits per heavy atom. The minimum atomic E-state index is -0.671. The molecule has 2 N–H and O–H groups in total. The van der Waals surface area contributed by atoms with Gasteiger partial charge in [-0.25, -0.2) is 4.98 Å². The highest BCUT2D eigenvalue weighted by Crippen LogP contribution is 2.34. The van der Waals surface area contributed by atoms with E-state index in [4.69, 9.17) is 9.47 Å². The fourth-order valence-corrected chi connectivity index (χ4v) is 4.80. The number of thiophene rings is 1. The zero-order chi connectivity index (χ0) is 19.0. The van der Waals surface area contributed by atoms with E-state index in [9.17, 15) is 9.90 Å². The molecule has 27 heavy (non-hydrogen) atoms. The van der Waals surface area contributed by atoms with Gasteiger partial charge in [-0.2, -0.15) is 0 Å². The summed E-state index contributed by atoms with van der Waals surface area (Å²) in [4.78, 5) is 19.1. The molecule has 1 saturated heterocycles. The molecule has 0 unspecified atom stereocenters. The minimum absolute atomic E-state index is 0.136. The van der Waals surface area contributed by atoms with E-state index in [1.807, 2.05) is 38.2 Å². The van der Waals surface area contributed by atoms with Crippen molar-refractivity contribution in [2.45, 2.75) is 26.0 Å². The van der Waals surface area contributed by atoms with Crippen molar-refractivity contribution in [2.75, 3.05) is 19.8 Å². The lowest BCUT2D eigenvalue weighted by Gasteiger charge is -2.40. The van der Waals surface area contributed by atoms with Gasteiger partial charge in [0, 0.05) is 21.2 Å². The van der Waals surface area contributed by atoms with E-state index < -0.39 is 5.54 Å². The van der Waals surface area contributed by atoms with Gasteiger partial charge in [0.15, 0.2) is 0 Å². The van der Waals surface area contributed by atoms with E-state index in [2.05, 4.69) is 10.3 Å². The molecule has 1 fully saturated rings. The maximum atomic E-state index is 12.9. The van der Waals surface area contributed by atoms with E-state index >= 15 is 0 Å².